The number of rotatable bonds is 3. The van der Waals surface area contributed by atoms with Crippen LogP contribution in [0.1, 0.15) is 17.2 Å². The highest BCUT2D eigenvalue weighted by Gasteiger charge is 2.17. The summed E-state index contributed by atoms with van der Waals surface area (Å²) in [7, 11) is 0. The highest BCUT2D eigenvalue weighted by Crippen LogP contribution is 2.30. The topological polar surface area (TPSA) is 48.9 Å². The lowest BCUT2D eigenvalue weighted by Crippen LogP contribution is -2.00. The summed E-state index contributed by atoms with van der Waals surface area (Å²) in [6.07, 6.45) is 0.919. The summed E-state index contributed by atoms with van der Waals surface area (Å²) in [6, 6.07) is 17.0. The number of H-pyrrole nitrogens is 1. The van der Waals surface area contributed by atoms with Crippen molar-refractivity contribution in [3.8, 4) is 11.3 Å². The normalized spacial score (nSPS) is 12.3. The van der Waals surface area contributed by atoms with Gasteiger partial charge in [0.05, 0.1) is 11.9 Å². The lowest BCUT2D eigenvalue weighted by Gasteiger charge is -2.11. The van der Waals surface area contributed by atoms with Gasteiger partial charge in [0.25, 0.3) is 0 Å². The van der Waals surface area contributed by atoms with Gasteiger partial charge in [0.1, 0.15) is 6.10 Å². The van der Waals surface area contributed by atoms with Crippen molar-refractivity contribution in [3.63, 3.8) is 0 Å². The Bertz CT molecular complexity index is 692. The fraction of sp³-hybridized carbons (Fsp3) is 0.0625. The third-order valence-corrected chi connectivity index (χ3v) is 3.46. The van der Waals surface area contributed by atoms with E-state index >= 15 is 0 Å². The Morgan fingerprint density at radius 3 is 2.40 bits per heavy atom. The Balaban J connectivity index is 1.99. The van der Waals surface area contributed by atoms with Crippen LogP contribution in [0.4, 0.5) is 0 Å². The minimum absolute atomic E-state index is 0.649. The van der Waals surface area contributed by atoms with E-state index in [0.29, 0.717) is 5.02 Å². The summed E-state index contributed by atoms with van der Waals surface area (Å²) >= 11 is 5.87. The molecule has 0 saturated heterocycles. The fourth-order valence-electron chi connectivity index (χ4n) is 2.16. The number of halogens is 1. The van der Waals surface area contributed by atoms with Crippen LogP contribution in [0, 0.1) is 0 Å². The van der Waals surface area contributed by atoms with Crippen molar-refractivity contribution in [2.75, 3.05) is 0 Å². The maximum absolute atomic E-state index is 10.5. The number of aliphatic hydroxyl groups is 1. The molecule has 3 rings (SSSR count). The molecule has 0 bridgehead atoms. The van der Waals surface area contributed by atoms with E-state index in [2.05, 4.69) is 10.2 Å². The van der Waals surface area contributed by atoms with Gasteiger partial charge >= 0.3 is 0 Å². The minimum Gasteiger partial charge on any atom is -0.384 e. The van der Waals surface area contributed by atoms with Crippen LogP contribution in [-0.2, 0) is 0 Å². The van der Waals surface area contributed by atoms with Crippen LogP contribution in [0.15, 0.2) is 60.8 Å². The molecular formula is C16H13ClN2O. The second kappa shape index (κ2) is 5.49. The molecule has 0 amide bonds. The zero-order valence-corrected chi connectivity index (χ0v) is 11.4. The third-order valence-electron chi connectivity index (χ3n) is 3.21. The Morgan fingerprint density at radius 2 is 1.70 bits per heavy atom. The number of benzene rings is 2. The van der Waals surface area contributed by atoms with Gasteiger partial charge in [-0.2, -0.15) is 5.10 Å². The number of hydrogen-bond acceptors (Lipinski definition) is 2. The van der Waals surface area contributed by atoms with Crippen molar-refractivity contribution in [2.45, 2.75) is 6.10 Å². The van der Waals surface area contributed by atoms with Crippen molar-refractivity contribution in [3.05, 3.63) is 76.9 Å². The van der Waals surface area contributed by atoms with Crippen molar-refractivity contribution in [1.29, 1.82) is 0 Å². The van der Waals surface area contributed by atoms with Crippen LogP contribution < -0.4 is 0 Å². The standard InChI is InChI=1S/C16H13ClN2O/c17-13-8-6-12(7-9-13)16(20)14-10-18-19-15(14)11-4-2-1-3-5-11/h1-10,16,20H,(H,18,19). The van der Waals surface area contributed by atoms with E-state index in [4.69, 9.17) is 11.6 Å². The van der Waals surface area contributed by atoms with Crippen LogP contribution in [0.3, 0.4) is 0 Å². The molecule has 100 valence electrons. The second-order valence-corrected chi connectivity index (χ2v) is 4.96. The van der Waals surface area contributed by atoms with Crippen LogP contribution in [0.25, 0.3) is 11.3 Å². The predicted molar refractivity (Wildman–Crippen MR) is 79.5 cm³/mol. The van der Waals surface area contributed by atoms with Crippen molar-refractivity contribution < 1.29 is 5.11 Å². The molecule has 2 N–H and O–H groups in total. The first-order chi connectivity index (χ1) is 9.75. The first-order valence-electron chi connectivity index (χ1n) is 6.28. The molecular weight excluding hydrogens is 272 g/mol. The molecule has 1 heterocycles. The third kappa shape index (κ3) is 2.46. The van der Waals surface area contributed by atoms with Crippen molar-refractivity contribution in [1.82, 2.24) is 10.2 Å². The maximum atomic E-state index is 10.5. The Kier molecular flexibility index (Phi) is 3.54. The molecule has 20 heavy (non-hydrogen) atoms. The van der Waals surface area contributed by atoms with Gasteiger partial charge in [-0.1, -0.05) is 54.1 Å². The highest BCUT2D eigenvalue weighted by molar-refractivity contribution is 6.30. The molecule has 0 aliphatic heterocycles. The average molecular weight is 285 g/mol. The highest BCUT2D eigenvalue weighted by atomic mass is 35.5. The average Bonchev–Trinajstić information content (AvgIpc) is 2.97. The molecule has 0 fully saturated rings. The quantitative estimate of drug-likeness (QED) is 0.768. The summed E-state index contributed by atoms with van der Waals surface area (Å²) in [5, 5.41) is 18.2. The number of aliphatic hydroxyl groups excluding tert-OH is 1. The molecule has 1 aromatic heterocycles. The largest absolute Gasteiger partial charge is 0.384 e. The van der Waals surface area contributed by atoms with E-state index < -0.39 is 6.10 Å². The number of nitrogens with zero attached hydrogens (tertiary/aromatic N) is 1. The van der Waals surface area contributed by atoms with E-state index in [1.54, 1.807) is 18.3 Å². The van der Waals surface area contributed by atoms with Gasteiger partial charge in [-0.05, 0) is 23.3 Å². The van der Waals surface area contributed by atoms with Gasteiger partial charge in [-0.3, -0.25) is 5.10 Å². The summed E-state index contributed by atoms with van der Waals surface area (Å²) < 4.78 is 0. The molecule has 3 aromatic rings. The molecule has 0 spiro atoms. The van der Waals surface area contributed by atoms with Crippen LogP contribution in [0.5, 0.6) is 0 Å². The fourth-order valence-corrected chi connectivity index (χ4v) is 2.29. The first kappa shape index (κ1) is 12.9. The number of nitrogens with one attached hydrogen (secondary N) is 1. The van der Waals surface area contributed by atoms with Gasteiger partial charge in [0.2, 0.25) is 0 Å². The monoisotopic (exact) mass is 284 g/mol. The summed E-state index contributed by atoms with van der Waals surface area (Å²) in [6.45, 7) is 0. The molecule has 0 aliphatic carbocycles. The summed E-state index contributed by atoms with van der Waals surface area (Å²) in [5.74, 6) is 0. The van der Waals surface area contributed by atoms with Gasteiger partial charge < -0.3 is 5.11 Å². The SMILES string of the molecule is OC(c1ccc(Cl)cc1)c1cn[nH]c1-c1ccccc1. The van der Waals surface area contributed by atoms with E-state index in [1.807, 2.05) is 42.5 Å². The number of aromatic nitrogens is 2. The lowest BCUT2D eigenvalue weighted by atomic mass is 9.99. The molecule has 0 saturated carbocycles. The summed E-state index contributed by atoms with van der Waals surface area (Å²) in [4.78, 5) is 0. The number of hydrogen-bond donors (Lipinski definition) is 2. The van der Waals surface area contributed by atoms with Gasteiger partial charge in [0, 0.05) is 10.6 Å². The molecule has 0 aliphatic rings. The van der Waals surface area contributed by atoms with Gasteiger partial charge in [-0.15, -0.1) is 0 Å². The van der Waals surface area contributed by atoms with Crippen molar-refractivity contribution >= 4 is 11.6 Å². The zero-order valence-electron chi connectivity index (χ0n) is 10.6. The van der Waals surface area contributed by atoms with Gasteiger partial charge in [-0.25, -0.2) is 0 Å². The second-order valence-electron chi connectivity index (χ2n) is 4.52. The van der Waals surface area contributed by atoms with Crippen LogP contribution >= 0.6 is 11.6 Å². The smallest absolute Gasteiger partial charge is 0.108 e. The lowest BCUT2D eigenvalue weighted by molar-refractivity contribution is 0.221. The van der Waals surface area contributed by atoms with E-state index in [1.165, 1.54) is 0 Å². The van der Waals surface area contributed by atoms with E-state index in [9.17, 15) is 5.11 Å². The predicted octanol–water partition coefficient (Wildman–Crippen LogP) is 3.81. The first-order valence-corrected chi connectivity index (χ1v) is 6.66. The number of aromatic amines is 1. The van der Waals surface area contributed by atoms with Gasteiger partial charge in [0.15, 0.2) is 0 Å². The summed E-state index contributed by atoms with van der Waals surface area (Å²) in [5.41, 5.74) is 3.35. The van der Waals surface area contributed by atoms with Crippen LogP contribution in [0.2, 0.25) is 5.02 Å². The minimum atomic E-state index is -0.735. The zero-order chi connectivity index (χ0) is 13.9. The Labute approximate surface area is 121 Å². The van der Waals surface area contributed by atoms with E-state index in [-0.39, 0.29) is 0 Å². The van der Waals surface area contributed by atoms with Crippen LogP contribution in [-0.4, -0.2) is 15.3 Å². The Morgan fingerprint density at radius 1 is 1.00 bits per heavy atom. The van der Waals surface area contributed by atoms with E-state index in [0.717, 1.165) is 22.4 Å². The Hall–Kier alpha value is -2.10. The molecule has 2 aromatic carbocycles. The molecule has 3 nitrogen and oxygen atoms in total. The molecule has 4 heteroatoms. The molecule has 1 unspecified atom stereocenters. The van der Waals surface area contributed by atoms with Crippen molar-refractivity contribution in [2.24, 2.45) is 0 Å². The molecule has 0 radical (unpaired) electrons. The maximum Gasteiger partial charge on any atom is 0.108 e. The molecule has 1 atom stereocenters.